The third-order valence-electron chi connectivity index (χ3n) is 4.65. The molecule has 2 rings (SSSR count). The molecule has 1 heterocycles. The number of hydrogen-bond acceptors (Lipinski definition) is 2. The van der Waals surface area contributed by atoms with Gasteiger partial charge in [-0.2, -0.15) is 5.10 Å². The van der Waals surface area contributed by atoms with Crippen LogP contribution in [0.15, 0.2) is 4.47 Å². The standard InChI is InChI=1S/C16H28BrN3/c1-4-20-15(16(17)13(3)19-20)11-18-12(2)14-9-7-5-6-8-10-14/h12,14,18H,4-11H2,1-3H3/t12-/m0/s1. The molecule has 1 saturated carbocycles. The molecule has 1 aromatic heterocycles. The maximum atomic E-state index is 4.56. The van der Waals surface area contributed by atoms with Crippen LogP contribution in [0.25, 0.3) is 0 Å². The van der Waals surface area contributed by atoms with Crippen LogP contribution in [-0.4, -0.2) is 15.8 Å². The number of aromatic nitrogens is 2. The van der Waals surface area contributed by atoms with E-state index in [1.165, 1.54) is 48.7 Å². The summed E-state index contributed by atoms with van der Waals surface area (Å²) in [7, 11) is 0. The van der Waals surface area contributed by atoms with E-state index in [1.54, 1.807) is 0 Å². The zero-order chi connectivity index (χ0) is 14.5. The fourth-order valence-corrected chi connectivity index (χ4v) is 3.70. The zero-order valence-corrected chi connectivity index (χ0v) is 14.7. The van der Waals surface area contributed by atoms with Gasteiger partial charge in [0, 0.05) is 19.1 Å². The molecule has 0 saturated heterocycles. The van der Waals surface area contributed by atoms with E-state index in [9.17, 15) is 0 Å². The largest absolute Gasteiger partial charge is 0.308 e. The molecule has 1 aliphatic rings. The molecule has 0 amide bonds. The smallest absolute Gasteiger partial charge is 0.0739 e. The first-order chi connectivity index (χ1) is 9.63. The molecule has 0 aliphatic heterocycles. The van der Waals surface area contributed by atoms with Gasteiger partial charge in [0.2, 0.25) is 0 Å². The van der Waals surface area contributed by atoms with E-state index in [-0.39, 0.29) is 0 Å². The van der Waals surface area contributed by atoms with E-state index in [4.69, 9.17) is 0 Å². The third-order valence-corrected chi connectivity index (χ3v) is 5.68. The van der Waals surface area contributed by atoms with Crippen LogP contribution >= 0.6 is 15.9 Å². The van der Waals surface area contributed by atoms with Crippen LogP contribution in [0.2, 0.25) is 0 Å². The Bertz CT molecular complexity index is 420. The van der Waals surface area contributed by atoms with Crippen molar-refractivity contribution >= 4 is 15.9 Å². The van der Waals surface area contributed by atoms with Gasteiger partial charge in [-0.15, -0.1) is 0 Å². The van der Waals surface area contributed by atoms with E-state index in [2.05, 4.69) is 51.8 Å². The van der Waals surface area contributed by atoms with Crippen molar-refractivity contribution < 1.29 is 0 Å². The van der Waals surface area contributed by atoms with Gasteiger partial charge in [-0.25, -0.2) is 0 Å². The summed E-state index contributed by atoms with van der Waals surface area (Å²) in [6.45, 7) is 8.41. The predicted octanol–water partition coefficient (Wildman–Crippen LogP) is 4.42. The van der Waals surface area contributed by atoms with Gasteiger partial charge in [-0.1, -0.05) is 25.7 Å². The topological polar surface area (TPSA) is 29.9 Å². The second-order valence-electron chi connectivity index (χ2n) is 6.08. The Morgan fingerprint density at radius 1 is 1.30 bits per heavy atom. The van der Waals surface area contributed by atoms with Crippen molar-refractivity contribution in [3.8, 4) is 0 Å². The molecule has 1 aliphatic carbocycles. The molecular weight excluding hydrogens is 314 g/mol. The van der Waals surface area contributed by atoms with Crippen molar-refractivity contribution in [1.29, 1.82) is 0 Å². The Morgan fingerprint density at radius 2 is 1.95 bits per heavy atom. The molecule has 3 nitrogen and oxygen atoms in total. The molecule has 1 aromatic rings. The number of nitrogens with one attached hydrogen (secondary N) is 1. The molecule has 114 valence electrons. The molecule has 1 atom stereocenters. The lowest BCUT2D eigenvalue weighted by molar-refractivity contribution is 0.333. The van der Waals surface area contributed by atoms with Crippen LogP contribution in [0.4, 0.5) is 0 Å². The number of aryl methyl sites for hydroxylation is 2. The van der Waals surface area contributed by atoms with Gasteiger partial charge in [0.25, 0.3) is 0 Å². The van der Waals surface area contributed by atoms with Gasteiger partial charge in [0.05, 0.1) is 15.9 Å². The Hall–Kier alpha value is -0.350. The molecule has 0 unspecified atom stereocenters. The minimum Gasteiger partial charge on any atom is -0.308 e. The number of nitrogens with zero attached hydrogens (tertiary/aromatic N) is 2. The first-order valence-corrected chi connectivity index (χ1v) is 8.88. The maximum absolute atomic E-state index is 4.56. The maximum Gasteiger partial charge on any atom is 0.0739 e. The lowest BCUT2D eigenvalue weighted by Gasteiger charge is -2.24. The summed E-state index contributed by atoms with van der Waals surface area (Å²) in [5, 5.41) is 8.30. The zero-order valence-electron chi connectivity index (χ0n) is 13.1. The quantitative estimate of drug-likeness (QED) is 0.803. The average Bonchev–Trinajstić information content (AvgIpc) is 2.67. The van der Waals surface area contributed by atoms with E-state index in [0.717, 1.165) is 24.7 Å². The molecule has 0 aromatic carbocycles. The monoisotopic (exact) mass is 341 g/mol. The Labute approximate surface area is 131 Å². The van der Waals surface area contributed by atoms with Crippen LogP contribution in [0, 0.1) is 12.8 Å². The van der Waals surface area contributed by atoms with Gasteiger partial charge in [-0.05, 0) is 55.5 Å². The molecule has 1 fully saturated rings. The first-order valence-electron chi connectivity index (χ1n) is 8.08. The summed E-state index contributed by atoms with van der Waals surface area (Å²) in [5.74, 6) is 0.843. The lowest BCUT2D eigenvalue weighted by Crippen LogP contribution is -2.33. The van der Waals surface area contributed by atoms with Crippen molar-refractivity contribution in [2.24, 2.45) is 5.92 Å². The van der Waals surface area contributed by atoms with E-state index in [1.807, 2.05) is 0 Å². The third kappa shape index (κ3) is 3.85. The molecule has 0 spiro atoms. The van der Waals surface area contributed by atoms with Crippen molar-refractivity contribution in [1.82, 2.24) is 15.1 Å². The van der Waals surface area contributed by atoms with E-state index >= 15 is 0 Å². The highest BCUT2D eigenvalue weighted by Gasteiger charge is 2.20. The summed E-state index contributed by atoms with van der Waals surface area (Å²) in [4.78, 5) is 0. The Balaban J connectivity index is 1.94. The number of rotatable bonds is 5. The van der Waals surface area contributed by atoms with Crippen LogP contribution < -0.4 is 5.32 Å². The van der Waals surface area contributed by atoms with Crippen molar-refractivity contribution in [2.45, 2.75) is 78.4 Å². The van der Waals surface area contributed by atoms with Crippen LogP contribution in [0.5, 0.6) is 0 Å². The van der Waals surface area contributed by atoms with Gasteiger partial charge >= 0.3 is 0 Å². The highest BCUT2D eigenvalue weighted by Crippen LogP contribution is 2.26. The highest BCUT2D eigenvalue weighted by atomic mass is 79.9. The second-order valence-corrected chi connectivity index (χ2v) is 6.88. The normalized spacial score (nSPS) is 19.0. The highest BCUT2D eigenvalue weighted by molar-refractivity contribution is 9.10. The SMILES string of the molecule is CCn1nc(C)c(Br)c1CN[C@@H](C)C1CCCCCC1. The second kappa shape index (κ2) is 7.60. The molecule has 0 radical (unpaired) electrons. The molecule has 4 heteroatoms. The fraction of sp³-hybridized carbons (Fsp3) is 0.812. The molecule has 20 heavy (non-hydrogen) atoms. The fourth-order valence-electron chi connectivity index (χ4n) is 3.27. The number of halogens is 1. The van der Waals surface area contributed by atoms with Crippen LogP contribution in [-0.2, 0) is 13.1 Å². The Kier molecular flexibility index (Phi) is 6.09. The first kappa shape index (κ1) is 16.0. The average molecular weight is 342 g/mol. The molecular formula is C16H28BrN3. The Morgan fingerprint density at radius 3 is 2.55 bits per heavy atom. The summed E-state index contributed by atoms with van der Waals surface area (Å²) >= 11 is 3.68. The minimum absolute atomic E-state index is 0.598. The van der Waals surface area contributed by atoms with E-state index in [0.29, 0.717) is 6.04 Å². The van der Waals surface area contributed by atoms with Crippen molar-refractivity contribution in [3.63, 3.8) is 0 Å². The van der Waals surface area contributed by atoms with Gasteiger partial charge in [0.1, 0.15) is 0 Å². The van der Waals surface area contributed by atoms with Crippen molar-refractivity contribution in [3.05, 3.63) is 15.9 Å². The lowest BCUT2D eigenvalue weighted by atomic mass is 9.93. The van der Waals surface area contributed by atoms with Gasteiger partial charge in [-0.3, -0.25) is 4.68 Å². The van der Waals surface area contributed by atoms with Crippen LogP contribution in [0.1, 0.15) is 63.8 Å². The molecule has 1 N–H and O–H groups in total. The summed E-state index contributed by atoms with van der Waals surface area (Å²) in [6.07, 6.45) is 8.45. The van der Waals surface area contributed by atoms with Gasteiger partial charge < -0.3 is 5.32 Å². The summed E-state index contributed by atoms with van der Waals surface area (Å²) in [5.41, 5.74) is 2.37. The summed E-state index contributed by atoms with van der Waals surface area (Å²) in [6, 6.07) is 0.598. The van der Waals surface area contributed by atoms with Crippen molar-refractivity contribution in [2.75, 3.05) is 0 Å². The number of hydrogen-bond donors (Lipinski definition) is 1. The summed E-state index contributed by atoms with van der Waals surface area (Å²) < 4.78 is 3.27. The van der Waals surface area contributed by atoms with Crippen LogP contribution in [0.3, 0.4) is 0 Å². The minimum atomic E-state index is 0.598. The predicted molar refractivity (Wildman–Crippen MR) is 87.8 cm³/mol. The van der Waals surface area contributed by atoms with Gasteiger partial charge in [0.15, 0.2) is 0 Å². The molecule has 0 bridgehead atoms. The van der Waals surface area contributed by atoms with E-state index < -0.39 is 0 Å².